The molecular formula is C20H18O6. The molecule has 2 rings (SSSR count). The lowest BCUT2D eigenvalue weighted by Gasteiger charge is -2.09. The Labute approximate surface area is 151 Å². The number of hydrogen-bond donors (Lipinski definition) is 0. The van der Waals surface area contributed by atoms with Gasteiger partial charge in [-0.3, -0.25) is 14.4 Å². The van der Waals surface area contributed by atoms with Crippen LogP contribution in [0.25, 0.3) is 12.2 Å². The SMILES string of the molecule is CC(=O)Oc1ccc(/C=C\c2ccc(OC(C)=O)c(OC(C)=O)c2)cc1. The van der Waals surface area contributed by atoms with Gasteiger partial charge in [0.25, 0.3) is 0 Å². The molecule has 0 saturated heterocycles. The monoisotopic (exact) mass is 354 g/mol. The van der Waals surface area contributed by atoms with Gasteiger partial charge in [-0.2, -0.15) is 0 Å². The summed E-state index contributed by atoms with van der Waals surface area (Å²) in [6.45, 7) is 3.88. The van der Waals surface area contributed by atoms with Crippen LogP contribution in [0.3, 0.4) is 0 Å². The van der Waals surface area contributed by atoms with Crippen LogP contribution < -0.4 is 14.2 Å². The van der Waals surface area contributed by atoms with Crippen LogP contribution in [0.1, 0.15) is 31.9 Å². The molecule has 0 aliphatic carbocycles. The summed E-state index contributed by atoms with van der Waals surface area (Å²) in [5.41, 5.74) is 1.64. The zero-order valence-electron chi connectivity index (χ0n) is 14.6. The fourth-order valence-corrected chi connectivity index (χ4v) is 2.11. The van der Waals surface area contributed by atoms with E-state index in [1.165, 1.54) is 20.8 Å². The Kier molecular flexibility index (Phi) is 6.27. The first kappa shape index (κ1) is 18.9. The van der Waals surface area contributed by atoms with Crippen LogP contribution in [0.4, 0.5) is 0 Å². The molecule has 0 aliphatic heterocycles. The Morgan fingerprint density at radius 1 is 0.654 bits per heavy atom. The van der Waals surface area contributed by atoms with Crippen molar-refractivity contribution in [2.45, 2.75) is 20.8 Å². The highest BCUT2D eigenvalue weighted by Crippen LogP contribution is 2.29. The van der Waals surface area contributed by atoms with E-state index in [1.54, 1.807) is 42.5 Å². The van der Waals surface area contributed by atoms with E-state index in [0.29, 0.717) is 5.75 Å². The molecule has 26 heavy (non-hydrogen) atoms. The van der Waals surface area contributed by atoms with Crippen molar-refractivity contribution in [3.05, 3.63) is 53.6 Å². The summed E-state index contributed by atoms with van der Waals surface area (Å²) >= 11 is 0. The molecule has 0 heterocycles. The van der Waals surface area contributed by atoms with Crippen LogP contribution in [-0.4, -0.2) is 17.9 Å². The molecule has 2 aromatic rings. The maximum Gasteiger partial charge on any atom is 0.308 e. The van der Waals surface area contributed by atoms with Crippen LogP contribution in [0.5, 0.6) is 17.2 Å². The smallest absolute Gasteiger partial charge is 0.308 e. The van der Waals surface area contributed by atoms with E-state index in [2.05, 4.69) is 0 Å². The van der Waals surface area contributed by atoms with E-state index in [1.807, 2.05) is 12.2 Å². The van der Waals surface area contributed by atoms with Crippen molar-refractivity contribution in [1.29, 1.82) is 0 Å². The Bertz CT molecular complexity index is 849. The first-order chi connectivity index (χ1) is 12.3. The van der Waals surface area contributed by atoms with Gasteiger partial charge in [-0.25, -0.2) is 0 Å². The van der Waals surface area contributed by atoms with Gasteiger partial charge < -0.3 is 14.2 Å². The van der Waals surface area contributed by atoms with E-state index in [-0.39, 0.29) is 17.5 Å². The molecule has 0 fully saturated rings. The van der Waals surface area contributed by atoms with Gasteiger partial charge in [-0.15, -0.1) is 0 Å². The number of esters is 3. The molecule has 0 unspecified atom stereocenters. The van der Waals surface area contributed by atoms with Gasteiger partial charge in [0.1, 0.15) is 5.75 Å². The van der Waals surface area contributed by atoms with Crippen LogP contribution >= 0.6 is 0 Å². The highest BCUT2D eigenvalue weighted by Gasteiger charge is 2.10. The average molecular weight is 354 g/mol. The van der Waals surface area contributed by atoms with E-state index in [4.69, 9.17) is 14.2 Å². The number of carbonyl (C=O) groups is 3. The molecule has 0 amide bonds. The maximum absolute atomic E-state index is 11.2. The molecule has 0 atom stereocenters. The highest BCUT2D eigenvalue weighted by atomic mass is 16.6. The van der Waals surface area contributed by atoms with Crippen molar-refractivity contribution in [3.63, 3.8) is 0 Å². The van der Waals surface area contributed by atoms with Crippen molar-refractivity contribution < 1.29 is 28.6 Å². The molecule has 0 aliphatic rings. The zero-order valence-corrected chi connectivity index (χ0v) is 14.6. The van der Waals surface area contributed by atoms with Crippen molar-refractivity contribution in [1.82, 2.24) is 0 Å². The minimum Gasteiger partial charge on any atom is -0.427 e. The number of rotatable bonds is 5. The number of benzene rings is 2. The lowest BCUT2D eigenvalue weighted by Crippen LogP contribution is -2.07. The molecule has 134 valence electrons. The zero-order chi connectivity index (χ0) is 19.1. The standard InChI is InChI=1S/C20H18O6/c1-13(21)24-18-9-6-16(7-10-18)4-5-17-8-11-19(25-14(2)22)20(12-17)26-15(3)23/h4-12H,1-3H3/b5-4-. The molecule has 2 aromatic carbocycles. The molecule has 0 saturated carbocycles. The van der Waals surface area contributed by atoms with Crippen LogP contribution in [0.15, 0.2) is 42.5 Å². The Hall–Kier alpha value is -3.41. The third kappa shape index (κ3) is 5.90. The second-order valence-electron chi connectivity index (χ2n) is 5.39. The van der Waals surface area contributed by atoms with Crippen molar-refractivity contribution in [2.24, 2.45) is 0 Å². The van der Waals surface area contributed by atoms with Gasteiger partial charge in [-0.05, 0) is 35.4 Å². The predicted octanol–water partition coefficient (Wildman–Crippen LogP) is 3.63. The minimum atomic E-state index is -0.513. The third-order valence-electron chi connectivity index (χ3n) is 3.09. The second kappa shape index (κ2) is 8.62. The van der Waals surface area contributed by atoms with E-state index >= 15 is 0 Å². The summed E-state index contributed by atoms with van der Waals surface area (Å²) in [6.07, 6.45) is 3.65. The number of carbonyl (C=O) groups excluding carboxylic acids is 3. The molecule has 0 spiro atoms. The quantitative estimate of drug-likeness (QED) is 0.463. The molecule has 6 nitrogen and oxygen atoms in total. The van der Waals surface area contributed by atoms with E-state index < -0.39 is 11.9 Å². The summed E-state index contributed by atoms with van der Waals surface area (Å²) in [5, 5.41) is 0. The van der Waals surface area contributed by atoms with Gasteiger partial charge in [0.2, 0.25) is 0 Å². The summed E-state index contributed by atoms with van der Waals surface area (Å²) < 4.78 is 15.1. The Morgan fingerprint density at radius 2 is 1.15 bits per heavy atom. The third-order valence-corrected chi connectivity index (χ3v) is 3.09. The van der Waals surface area contributed by atoms with E-state index in [0.717, 1.165) is 11.1 Å². The first-order valence-corrected chi connectivity index (χ1v) is 7.81. The highest BCUT2D eigenvalue weighted by molar-refractivity contribution is 5.76. The van der Waals surface area contributed by atoms with Gasteiger partial charge in [0.05, 0.1) is 0 Å². The predicted molar refractivity (Wildman–Crippen MR) is 95.7 cm³/mol. The van der Waals surface area contributed by atoms with Crippen LogP contribution in [0.2, 0.25) is 0 Å². The number of hydrogen-bond acceptors (Lipinski definition) is 6. The molecule has 0 radical (unpaired) electrons. The Morgan fingerprint density at radius 3 is 1.73 bits per heavy atom. The topological polar surface area (TPSA) is 78.9 Å². The normalized spacial score (nSPS) is 10.4. The fraction of sp³-hybridized carbons (Fsp3) is 0.150. The summed E-state index contributed by atoms with van der Waals surface area (Å²) in [6, 6.07) is 11.9. The molecule has 0 aromatic heterocycles. The minimum absolute atomic E-state index is 0.167. The summed E-state index contributed by atoms with van der Waals surface area (Å²) in [5.74, 6) is -0.581. The van der Waals surface area contributed by atoms with E-state index in [9.17, 15) is 14.4 Å². The number of ether oxygens (including phenoxy) is 3. The van der Waals surface area contributed by atoms with Crippen LogP contribution in [0, 0.1) is 0 Å². The molecule has 6 heteroatoms. The van der Waals surface area contributed by atoms with Gasteiger partial charge >= 0.3 is 17.9 Å². The molecule has 0 N–H and O–H groups in total. The largest absolute Gasteiger partial charge is 0.427 e. The summed E-state index contributed by atoms with van der Waals surface area (Å²) in [7, 11) is 0. The lowest BCUT2D eigenvalue weighted by atomic mass is 10.1. The molecule has 0 bridgehead atoms. The average Bonchev–Trinajstić information content (AvgIpc) is 2.55. The maximum atomic E-state index is 11.2. The van der Waals surface area contributed by atoms with Crippen molar-refractivity contribution in [3.8, 4) is 17.2 Å². The lowest BCUT2D eigenvalue weighted by molar-refractivity contribution is -0.134. The van der Waals surface area contributed by atoms with Gasteiger partial charge in [0.15, 0.2) is 11.5 Å². The summed E-state index contributed by atoms with van der Waals surface area (Å²) in [4.78, 5) is 33.3. The van der Waals surface area contributed by atoms with Gasteiger partial charge in [0, 0.05) is 20.8 Å². The molecular weight excluding hydrogens is 336 g/mol. The van der Waals surface area contributed by atoms with Crippen LogP contribution in [-0.2, 0) is 14.4 Å². The Balaban J connectivity index is 2.19. The van der Waals surface area contributed by atoms with Crippen molar-refractivity contribution >= 4 is 30.1 Å². The first-order valence-electron chi connectivity index (χ1n) is 7.81. The van der Waals surface area contributed by atoms with Crippen molar-refractivity contribution in [2.75, 3.05) is 0 Å². The van der Waals surface area contributed by atoms with Gasteiger partial charge in [-0.1, -0.05) is 30.4 Å². The fourth-order valence-electron chi connectivity index (χ4n) is 2.11. The second-order valence-corrected chi connectivity index (χ2v) is 5.39.